The lowest BCUT2D eigenvalue weighted by atomic mass is 9.99. The molecule has 2 heteroatoms. The predicted octanol–water partition coefficient (Wildman–Crippen LogP) is 2.28. The molecule has 0 spiro atoms. The van der Waals surface area contributed by atoms with Crippen molar-refractivity contribution >= 4 is 5.78 Å². The van der Waals surface area contributed by atoms with Gasteiger partial charge in [-0.25, -0.2) is 0 Å². The predicted molar refractivity (Wildman–Crippen MR) is 56.9 cm³/mol. The summed E-state index contributed by atoms with van der Waals surface area (Å²) in [5, 5.41) is 0. The van der Waals surface area contributed by atoms with E-state index in [0.717, 1.165) is 37.9 Å². The van der Waals surface area contributed by atoms with E-state index in [2.05, 4.69) is 18.0 Å². The van der Waals surface area contributed by atoms with Crippen LogP contribution in [0.15, 0.2) is 23.4 Å². The number of carbonyl (C=O) groups excluding carboxylic acids is 1. The van der Waals surface area contributed by atoms with Crippen LogP contribution in [0.5, 0.6) is 0 Å². The van der Waals surface area contributed by atoms with Gasteiger partial charge in [0, 0.05) is 31.3 Å². The zero-order valence-electron chi connectivity index (χ0n) is 8.75. The van der Waals surface area contributed by atoms with Crippen LogP contribution in [0.1, 0.15) is 32.6 Å². The van der Waals surface area contributed by atoms with E-state index in [4.69, 9.17) is 0 Å². The van der Waals surface area contributed by atoms with Crippen LogP contribution < -0.4 is 0 Å². The smallest absolute Gasteiger partial charge is 0.162 e. The minimum absolute atomic E-state index is 0.351. The fourth-order valence-corrected chi connectivity index (χ4v) is 2.16. The molecule has 0 unspecified atom stereocenters. The summed E-state index contributed by atoms with van der Waals surface area (Å²) >= 11 is 0. The summed E-state index contributed by atoms with van der Waals surface area (Å²) < 4.78 is 0. The minimum Gasteiger partial charge on any atom is -0.374 e. The van der Waals surface area contributed by atoms with Gasteiger partial charge in [-0.15, -0.1) is 0 Å². The second-order valence-electron chi connectivity index (χ2n) is 4.03. The van der Waals surface area contributed by atoms with E-state index in [1.807, 2.05) is 6.08 Å². The Morgan fingerprint density at radius 2 is 2.14 bits per heavy atom. The van der Waals surface area contributed by atoms with Crippen LogP contribution in [0.3, 0.4) is 0 Å². The van der Waals surface area contributed by atoms with E-state index in [1.165, 1.54) is 12.0 Å². The summed E-state index contributed by atoms with van der Waals surface area (Å²) in [4.78, 5) is 14.0. The van der Waals surface area contributed by atoms with Crippen molar-refractivity contribution in [2.45, 2.75) is 32.6 Å². The fourth-order valence-electron chi connectivity index (χ4n) is 2.16. The van der Waals surface area contributed by atoms with Gasteiger partial charge in [0.05, 0.1) is 0 Å². The molecule has 0 saturated carbocycles. The maximum absolute atomic E-state index is 11.7. The molecule has 0 aromatic carbocycles. The van der Waals surface area contributed by atoms with Gasteiger partial charge >= 0.3 is 0 Å². The Labute approximate surface area is 85.3 Å². The van der Waals surface area contributed by atoms with Gasteiger partial charge in [0.1, 0.15) is 0 Å². The van der Waals surface area contributed by atoms with Crippen molar-refractivity contribution in [3.05, 3.63) is 23.4 Å². The highest BCUT2D eigenvalue weighted by atomic mass is 16.1. The number of allylic oxidation sites excluding steroid dienone is 2. The quantitative estimate of drug-likeness (QED) is 0.633. The summed E-state index contributed by atoms with van der Waals surface area (Å²) in [6.45, 7) is 4.14. The van der Waals surface area contributed by atoms with Crippen molar-refractivity contribution in [1.82, 2.24) is 4.90 Å². The summed E-state index contributed by atoms with van der Waals surface area (Å²) in [5.74, 6) is 0.351. The van der Waals surface area contributed by atoms with Gasteiger partial charge in [-0.2, -0.15) is 0 Å². The molecule has 0 bridgehead atoms. The average Bonchev–Trinajstić information content (AvgIpc) is 2.40. The molecule has 0 amide bonds. The van der Waals surface area contributed by atoms with Crippen LogP contribution in [0.2, 0.25) is 0 Å². The molecular formula is C12H17NO. The minimum atomic E-state index is 0.351. The number of ketones is 1. The Morgan fingerprint density at radius 1 is 1.36 bits per heavy atom. The number of likely N-dealkylation sites (N-methyl/N-ethyl adjacent to an activating group) is 1. The number of hydrogen-bond donors (Lipinski definition) is 0. The number of rotatable bonds is 1. The van der Waals surface area contributed by atoms with Crippen LogP contribution in [-0.4, -0.2) is 23.8 Å². The largest absolute Gasteiger partial charge is 0.374 e. The molecule has 14 heavy (non-hydrogen) atoms. The molecule has 0 aromatic heterocycles. The first-order valence-electron chi connectivity index (χ1n) is 5.48. The molecule has 2 aliphatic rings. The number of nitrogens with zero attached hydrogens (tertiary/aromatic N) is 1. The standard InChI is InChI=1S/C12H17NO/c1-2-13-8-7-11-10(9-13)5-3-4-6-12(11)14/h7-8H,2-6,9H2,1H3. The van der Waals surface area contributed by atoms with Crippen molar-refractivity contribution in [3.63, 3.8) is 0 Å². The van der Waals surface area contributed by atoms with Gasteiger partial charge in [0.2, 0.25) is 0 Å². The Kier molecular flexibility index (Phi) is 2.71. The lowest BCUT2D eigenvalue weighted by Crippen LogP contribution is -2.24. The number of Topliss-reactive ketones (excluding diaryl/α,β-unsaturated/α-hetero) is 1. The molecule has 2 rings (SSSR count). The molecule has 0 saturated heterocycles. The molecule has 0 atom stereocenters. The van der Waals surface area contributed by atoms with E-state index < -0.39 is 0 Å². The molecule has 0 radical (unpaired) electrons. The summed E-state index contributed by atoms with van der Waals surface area (Å²) in [5.41, 5.74) is 2.36. The molecule has 1 aliphatic heterocycles. The van der Waals surface area contributed by atoms with Crippen LogP contribution >= 0.6 is 0 Å². The zero-order valence-corrected chi connectivity index (χ0v) is 8.75. The Morgan fingerprint density at radius 3 is 2.93 bits per heavy atom. The molecule has 0 fully saturated rings. The average molecular weight is 191 g/mol. The van der Waals surface area contributed by atoms with Gasteiger partial charge < -0.3 is 4.90 Å². The highest BCUT2D eigenvalue weighted by Gasteiger charge is 2.20. The van der Waals surface area contributed by atoms with E-state index in [1.54, 1.807) is 0 Å². The topological polar surface area (TPSA) is 20.3 Å². The SMILES string of the molecule is CCN1C=CC2=C(CCCCC2=O)C1. The zero-order chi connectivity index (χ0) is 9.97. The monoisotopic (exact) mass is 191 g/mol. The highest BCUT2D eigenvalue weighted by molar-refractivity contribution is 5.99. The van der Waals surface area contributed by atoms with Crippen molar-refractivity contribution in [2.75, 3.05) is 13.1 Å². The maximum Gasteiger partial charge on any atom is 0.162 e. The third kappa shape index (κ3) is 1.74. The molecule has 0 N–H and O–H groups in total. The van der Waals surface area contributed by atoms with E-state index in [-0.39, 0.29) is 0 Å². The second-order valence-corrected chi connectivity index (χ2v) is 4.03. The Balaban J connectivity index is 2.22. The third-order valence-electron chi connectivity index (χ3n) is 3.07. The summed E-state index contributed by atoms with van der Waals surface area (Å²) in [7, 11) is 0. The molecule has 1 heterocycles. The molecule has 1 aliphatic carbocycles. The highest BCUT2D eigenvalue weighted by Crippen LogP contribution is 2.25. The second kappa shape index (κ2) is 3.99. The van der Waals surface area contributed by atoms with Crippen molar-refractivity contribution in [3.8, 4) is 0 Å². The van der Waals surface area contributed by atoms with Crippen molar-refractivity contribution < 1.29 is 4.79 Å². The van der Waals surface area contributed by atoms with E-state index in [0.29, 0.717) is 5.78 Å². The Bertz CT molecular complexity index is 301. The van der Waals surface area contributed by atoms with E-state index in [9.17, 15) is 4.79 Å². The van der Waals surface area contributed by atoms with E-state index >= 15 is 0 Å². The summed E-state index contributed by atoms with van der Waals surface area (Å²) in [6.07, 6.45) is 8.16. The van der Waals surface area contributed by atoms with Gasteiger partial charge in [0.25, 0.3) is 0 Å². The Hall–Kier alpha value is -1.05. The van der Waals surface area contributed by atoms with Gasteiger partial charge in [-0.05, 0) is 37.8 Å². The number of carbonyl (C=O) groups is 1. The first-order valence-corrected chi connectivity index (χ1v) is 5.48. The van der Waals surface area contributed by atoms with Crippen LogP contribution in [0, 0.1) is 0 Å². The van der Waals surface area contributed by atoms with Crippen LogP contribution in [-0.2, 0) is 4.79 Å². The molecule has 0 aromatic rings. The molecule has 76 valence electrons. The van der Waals surface area contributed by atoms with Crippen LogP contribution in [0.4, 0.5) is 0 Å². The van der Waals surface area contributed by atoms with Crippen LogP contribution in [0.25, 0.3) is 0 Å². The molecule has 2 nitrogen and oxygen atoms in total. The maximum atomic E-state index is 11.7. The van der Waals surface area contributed by atoms with Gasteiger partial charge in [-0.3, -0.25) is 4.79 Å². The first kappa shape index (κ1) is 9.50. The van der Waals surface area contributed by atoms with Crippen molar-refractivity contribution in [1.29, 1.82) is 0 Å². The van der Waals surface area contributed by atoms with Gasteiger partial charge in [0.15, 0.2) is 5.78 Å². The lowest BCUT2D eigenvalue weighted by Gasteiger charge is -2.25. The normalized spacial score (nSPS) is 22.4. The number of hydrogen-bond acceptors (Lipinski definition) is 2. The lowest BCUT2D eigenvalue weighted by molar-refractivity contribution is -0.115. The summed E-state index contributed by atoms with van der Waals surface area (Å²) in [6, 6.07) is 0. The fraction of sp³-hybridized carbons (Fsp3) is 0.583. The molecular weight excluding hydrogens is 174 g/mol. The van der Waals surface area contributed by atoms with Gasteiger partial charge in [-0.1, -0.05) is 0 Å². The third-order valence-corrected chi connectivity index (χ3v) is 3.07. The first-order chi connectivity index (χ1) is 6.81. The van der Waals surface area contributed by atoms with Crippen molar-refractivity contribution in [2.24, 2.45) is 0 Å².